The Morgan fingerprint density at radius 3 is 2.64 bits per heavy atom. The number of alkyl halides is 3. The molecule has 1 heterocycles. The van der Waals surface area contributed by atoms with Crippen LogP contribution < -0.4 is 4.74 Å². The van der Waals surface area contributed by atoms with Crippen molar-refractivity contribution < 1.29 is 17.9 Å². The van der Waals surface area contributed by atoms with Gasteiger partial charge in [0, 0.05) is 5.33 Å². The molecule has 0 radical (unpaired) electrons. The molecule has 1 rings (SSSR count). The molecular formula is C8H7BrF3NO. The summed E-state index contributed by atoms with van der Waals surface area (Å²) in [5.74, 6) is -1.20. The summed E-state index contributed by atoms with van der Waals surface area (Å²) < 4.78 is 42.4. The van der Waals surface area contributed by atoms with Gasteiger partial charge in [-0.25, -0.2) is 8.78 Å². The number of hydrogen-bond donors (Lipinski definition) is 0. The predicted molar refractivity (Wildman–Crippen MR) is 48.3 cm³/mol. The van der Waals surface area contributed by atoms with Crippen LogP contribution in [0, 0.1) is 5.95 Å². The first kappa shape index (κ1) is 11.3. The Labute approximate surface area is 87.2 Å². The molecule has 0 spiro atoms. The highest BCUT2D eigenvalue weighted by molar-refractivity contribution is 9.08. The van der Waals surface area contributed by atoms with Gasteiger partial charge < -0.3 is 4.74 Å². The maximum Gasteiger partial charge on any atom is 0.269 e. The summed E-state index contributed by atoms with van der Waals surface area (Å²) in [6.07, 6.45) is -2.73. The van der Waals surface area contributed by atoms with Crippen molar-refractivity contribution in [1.29, 1.82) is 0 Å². The van der Waals surface area contributed by atoms with Crippen LogP contribution in [0.4, 0.5) is 13.2 Å². The molecule has 14 heavy (non-hydrogen) atoms. The number of methoxy groups -OCH3 is 1. The zero-order valence-corrected chi connectivity index (χ0v) is 8.82. The number of aromatic nitrogens is 1. The van der Waals surface area contributed by atoms with Crippen molar-refractivity contribution in [3.05, 3.63) is 23.1 Å². The Kier molecular flexibility index (Phi) is 3.74. The summed E-state index contributed by atoms with van der Waals surface area (Å²) in [6, 6.07) is 0.957. The van der Waals surface area contributed by atoms with Gasteiger partial charge in [-0.05, 0) is 11.6 Å². The van der Waals surface area contributed by atoms with Gasteiger partial charge in [0.2, 0.25) is 11.8 Å². The fourth-order valence-corrected chi connectivity index (χ4v) is 1.51. The zero-order chi connectivity index (χ0) is 10.7. The lowest BCUT2D eigenvalue weighted by Crippen LogP contribution is -2.02. The smallest absolute Gasteiger partial charge is 0.269 e. The van der Waals surface area contributed by atoms with Crippen LogP contribution in [0.2, 0.25) is 0 Å². The molecule has 2 nitrogen and oxygen atoms in total. The summed E-state index contributed by atoms with van der Waals surface area (Å²) >= 11 is 2.99. The van der Waals surface area contributed by atoms with Gasteiger partial charge in [0.15, 0.2) is 0 Å². The van der Waals surface area contributed by atoms with E-state index in [2.05, 4.69) is 25.7 Å². The molecule has 0 aliphatic rings. The highest BCUT2D eigenvalue weighted by Crippen LogP contribution is 2.32. The van der Waals surface area contributed by atoms with E-state index in [9.17, 15) is 13.2 Å². The number of nitrogens with zero attached hydrogens (tertiary/aromatic N) is 1. The van der Waals surface area contributed by atoms with E-state index >= 15 is 0 Å². The average Bonchev–Trinajstić information content (AvgIpc) is 2.15. The highest BCUT2D eigenvalue weighted by atomic mass is 79.9. The van der Waals surface area contributed by atoms with E-state index in [0.29, 0.717) is 0 Å². The van der Waals surface area contributed by atoms with E-state index in [1.165, 1.54) is 7.11 Å². The second-order valence-corrected chi connectivity index (χ2v) is 3.02. The normalized spacial score (nSPS) is 10.7. The van der Waals surface area contributed by atoms with Crippen molar-refractivity contribution in [1.82, 2.24) is 4.98 Å². The van der Waals surface area contributed by atoms with Gasteiger partial charge in [-0.3, -0.25) is 0 Å². The Morgan fingerprint density at radius 1 is 1.57 bits per heavy atom. The molecule has 78 valence electrons. The van der Waals surface area contributed by atoms with Gasteiger partial charge >= 0.3 is 0 Å². The van der Waals surface area contributed by atoms with Crippen LogP contribution in [0.1, 0.15) is 17.6 Å². The van der Waals surface area contributed by atoms with Crippen LogP contribution in [-0.4, -0.2) is 12.1 Å². The largest absolute Gasteiger partial charge is 0.481 e. The summed E-state index contributed by atoms with van der Waals surface area (Å²) in [6.45, 7) is 0. The number of halogens is 4. The molecule has 0 unspecified atom stereocenters. The monoisotopic (exact) mass is 269 g/mol. The first-order valence-corrected chi connectivity index (χ1v) is 4.79. The number of pyridine rings is 1. The fourth-order valence-electron chi connectivity index (χ4n) is 1.05. The quantitative estimate of drug-likeness (QED) is 0.622. The Morgan fingerprint density at radius 2 is 2.21 bits per heavy atom. The molecule has 0 N–H and O–H groups in total. The average molecular weight is 270 g/mol. The van der Waals surface area contributed by atoms with Crippen LogP contribution in [-0.2, 0) is 5.33 Å². The summed E-state index contributed by atoms with van der Waals surface area (Å²) in [4.78, 5) is 3.23. The Balaban J connectivity index is 3.33. The zero-order valence-electron chi connectivity index (χ0n) is 7.23. The van der Waals surface area contributed by atoms with Crippen molar-refractivity contribution >= 4 is 15.9 Å². The summed E-state index contributed by atoms with van der Waals surface area (Å²) in [5.41, 5.74) is -0.227. The minimum atomic E-state index is -2.73. The molecule has 1 aromatic rings. The van der Waals surface area contributed by atoms with Gasteiger partial charge in [0.25, 0.3) is 6.43 Å². The van der Waals surface area contributed by atoms with E-state index in [0.717, 1.165) is 6.07 Å². The SMILES string of the molecule is COc1nc(F)cc(CBr)c1C(F)F. The molecule has 0 fully saturated rings. The molecule has 0 bridgehead atoms. The first-order chi connectivity index (χ1) is 6.60. The minimum Gasteiger partial charge on any atom is -0.481 e. The van der Waals surface area contributed by atoms with Crippen molar-refractivity contribution in [3.63, 3.8) is 0 Å². The van der Waals surface area contributed by atoms with E-state index in [-0.39, 0.29) is 22.3 Å². The van der Waals surface area contributed by atoms with Crippen LogP contribution in [0.5, 0.6) is 5.88 Å². The molecule has 0 saturated carbocycles. The number of hydrogen-bond acceptors (Lipinski definition) is 2. The van der Waals surface area contributed by atoms with Gasteiger partial charge in [-0.15, -0.1) is 0 Å². The topological polar surface area (TPSA) is 22.1 Å². The molecule has 0 saturated heterocycles. The molecule has 6 heteroatoms. The maximum atomic E-state index is 12.8. The van der Waals surface area contributed by atoms with Crippen molar-refractivity contribution in [2.24, 2.45) is 0 Å². The third-order valence-electron chi connectivity index (χ3n) is 1.63. The van der Waals surface area contributed by atoms with Crippen LogP contribution in [0.25, 0.3) is 0 Å². The third kappa shape index (κ3) is 2.17. The molecule has 0 amide bonds. The third-order valence-corrected chi connectivity index (χ3v) is 2.24. The summed E-state index contributed by atoms with van der Waals surface area (Å²) in [7, 11) is 1.17. The Hall–Kier alpha value is -0.780. The van der Waals surface area contributed by atoms with Gasteiger partial charge in [0.05, 0.1) is 12.7 Å². The molecule has 0 aliphatic heterocycles. The lowest BCUT2D eigenvalue weighted by Gasteiger charge is -2.10. The fraction of sp³-hybridized carbons (Fsp3) is 0.375. The lowest BCUT2D eigenvalue weighted by atomic mass is 10.1. The van der Waals surface area contributed by atoms with Gasteiger partial charge in [-0.2, -0.15) is 9.37 Å². The standard InChI is InChI=1S/C8H7BrF3NO/c1-14-8-6(7(11)12)4(3-9)2-5(10)13-8/h2,7H,3H2,1H3. The van der Waals surface area contributed by atoms with Crippen molar-refractivity contribution in [2.75, 3.05) is 7.11 Å². The van der Waals surface area contributed by atoms with E-state index < -0.39 is 12.4 Å². The van der Waals surface area contributed by atoms with Gasteiger partial charge in [0.1, 0.15) is 0 Å². The molecule has 1 aromatic heterocycles. The number of ether oxygens (including phenoxy) is 1. The molecule has 0 atom stereocenters. The summed E-state index contributed by atoms with van der Waals surface area (Å²) in [5, 5.41) is 0.127. The van der Waals surface area contributed by atoms with Crippen LogP contribution in [0.15, 0.2) is 6.07 Å². The minimum absolute atomic E-state index is 0.127. The highest BCUT2D eigenvalue weighted by Gasteiger charge is 2.20. The van der Waals surface area contributed by atoms with Crippen LogP contribution >= 0.6 is 15.9 Å². The number of rotatable bonds is 3. The maximum absolute atomic E-state index is 12.8. The van der Waals surface area contributed by atoms with E-state index in [4.69, 9.17) is 0 Å². The van der Waals surface area contributed by atoms with E-state index in [1.54, 1.807) is 0 Å². The predicted octanol–water partition coefficient (Wildman–Crippen LogP) is 3.06. The Bertz CT molecular complexity index is 307. The first-order valence-electron chi connectivity index (χ1n) is 3.67. The molecular weight excluding hydrogens is 263 g/mol. The second-order valence-electron chi connectivity index (χ2n) is 2.46. The van der Waals surface area contributed by atoms with Crippen molar-refractivity contribution in [2.45, 2.75) is 11.8 Å². The lowest BCUT2D eigenvalue weighted by molar-refractivity contribution is 0.144. The van der Waals surface area contributed by atoms with E-state index in [1.807, 2.05) is 0 Å². The van der Waals surface area contributed by atoms with Crippen molar-refractivity contribution in [3.8, 4) is 5.88 Å². The second kappa shape index (κ2) is 4.63. The molecule has 0 aromatic carbocycles. The molecule has 0 aliphatic carbocycles. The van der Waals surface area contributed by atoms with Gasteiger partial charge in [-0.1, -0.05) is 15.9 Å². The van der Waals surface area contributed by atoms with Crippen LogP contribution in [0.3, 0.4) is 0 Å².